The standard InChI is InChI=1S/C20H19N3O3S2/c1-25-16-6-5-12(8-17(16)26-2)14-11-28-20(22-14)18-15(24)10-23(19(18)21)9-13-4-3-7-27-13/h3-8,11,21,24H,9-10H2,1-2H3. The molecule has 1 aromatic carbocycles. The van der Waals surface area contributed by atoms with Gasteiger partial charge in [-0.25, -0.2) is 4.98 Å². The highest BCUT2D eigenvalue weighted by molar-refractivity contribution is 7.11. The van der Waals surface area contributed by atoms with Crippen molar-refractivity contribution in [1.82, 2.24) is 9.88 Å². The Balaban J connectivity index is 1.59. The summed E-state index contributed by atoms with van der Waals surface area (Å²) in [6.07, 6.45) is 0. The van der Waals surface area contributed by atoms with Crippen LogP contribution in [0, 0.1) is 5.41 Å². The smallest absolute Gasteiger partial charge is 0.161 e. The summed E-state index contributed by atoms with van der Waals surface area (Å²) in [4.78, 5) is 7.68. The predicted molar refractivity (Wildman–Crippen MR) is 113 cm³/mol. The Kier molecular flexibility index (Phi) is 5.06. The summed E-state index contributed by atoms with van der Waals surface area (Å²) in [5.74, 6) is 1.78. The maximum absolute atomic E-state index is 10.5. The molecule has 0 spiro atoms. The van der Waals surface area contributed by atoms with Crippen LogP contribution in [-0.2, 0) is 6.54 Å². The zero-order valence-corrected chi connectivity index (χ0v) is 17.1. The number of aliphatic hydroxyl groups excluding tert-OH is 1. The number of hydrogen-bond acceptors (Lipinski definition) is 7. The van der Waals surface area contributed by atoms with Gasteiger partial charge in [-0.2, -0.15) is 0 Å². The number of aromatic nitrogens is 1. The van der Waals surface area contributed by atoms with Crippen molar-refractivity contribution < 1.29 is 14.6 Å². The van der Waals surface area contributed by atoms with Crippen LogP contribution in [0.25, 0.3) is 16.8 Å². The molecule has 2 N–H and O–H groups in total. The number of nitrogens with zero attached hydrogens (tertiary/aromatic N) is 2. The van der Waals surface area contributed by atoms with Gasteiger partial charge in [-0.05, 0) is 29.6 Å². The number of rotatable bonds is 6. The van der Waals surface area contributed by atoms with Crippen molar-refractivity contribution in [3.8, 4) is 22.8 Å². The van der Waals surface area contributed by atoms with Gasteiger partial charge in [0.2, 0.25) is 0 Å². The van der Waals surface area contributed by atoms with Gasteiger partial charge in [0.15, 0.2) is 11.5 Å². The highest BCUT2D eigenvalue weighted by Crippen LogP contribution is 2.36. The van der Waals surface area contributed by atoms with Crippen LogP contribution in [-0.4, -0.2) is 41.6 Å². The van der Waals surface area contributed by atoms with Gasteiger partial charge < -0.3 is 19.5 Å². The fourth-order valence-corrected chi connectivity index (χ4v) is 4.72. The molecule has 8 heteroatoms. The highest BCUT2D eigenvalue weighted by Gasteiger charge is 2.30. The Hall–Kier alpha value is -2.84. The molecule has 4 rings (SSSR count). The van der Waals surface area contributed by atoms with Crippen LogP contribution in [0.4, 0.5) is 0 Å². The topological polar surface area (TPSA) is 78.7 Å². The average molecular weight is 414 g/mol. The van der Waals surface area contributed by atoms with Gasteiger partial charge in [-0.3, -0.25) is 5.41 Å². The SMILES string of the molecule is COc1ccc(-c2csc(C3=C(O)CN(Cc4cccs4)C3=N)n2)cc1OC. The number of aliphatic hydroxyl groups is 1. The van der Waals surface area contributed by atoms with Crippen molar-refractivity contribution in [3.63, 3.8) is 0 Å². The third-order valence-electron chi connectivity index (χ3n) is 4.51. The van der Waals surface area contributed by atoms with E-state index in [1.54, 1.807) is 25.6 Å². The van der Waals surface area contributed by atoms with E-state index in [-0.39, 0.29) is 5.76 Å². The van der Waals surface area contributed by atoms with E-state index in [1.165, 1.54) is 11.3 Å². The molecule has 2 aromatic heterocycles. The minimum atomic E-state index is 0.190. The van der Waals surface area contributed by atoms with Gasteiger partial charge in [0.25, 0.3) is 0 Å². The Labute approximate surface area is 170 Å². The fraction of sp³-hybridized carbons (Fsp3) is 0.200. The number of thiophene rings is 1. The molecule has 28 heavy (non-hydrogen) atoms. The maximum Gasteiger partial charge on any atom is 0.161 e. The monoisotopic (exact) mass is 413 g/mol. The summed E-state index contributed by atoms with van der Waals surface area (Å²) < 4.78 is 10.6. The summed E-state index contributed by atoms with van der Waals surface area (Å²) >= 11 is 3.06. The summed E-state index contributed by atoms with van der Waals surface area (Å²) in [6, 6.07) is 9.65. The normalized spacial score (nSPS) is 14.1. The number of ether oxygens (including phenoxy) is 2. The first-order chi connectivity index (χ1) is 13.6. The molecule has 3 aromatic rings. The van der Waals surface area contributed by atoms with Crippen LogP contribution in [0.5, 0.6) is 11.5 Å². The summed E-state index contributed by atoms with van der Waals surface area (Å²) in [5, 5.41) is 23.6. The zero-order chi connectivity index (χ0) is 19.7. The van der Waals surface area contributed by atoms with Gasteiger partial charge in [-0.1, -0.05) is 6.07 Å². The van der Waals surface area contributed by atoms with E-state index in [2.05, 4.69) is 4.98 Å². The van der Waals surface area contributed by atoms with Crippen LogP contribution in [0.15, 0.2) is 46.9 Å². The molecule has 144 valence electrons. The quantitative estimate of drug-likeness (QED) is 0.615. The van der Waals surface area contributed by atoms with Crippen molar-refractivity contribution in [2.75, 3.05) is 20.8 Å². The largest absolute Gasteiger partial charge is 0.510 e. The molecule has 0 bridgehead atoms. The first kappa shape index (κ1) is 18.5. The van der Waals surface area contributed by atoms with Crippen molar-refractivity contribution in [1.29, 1.82) is 5.41 Å². The molecule has 0 aliphatic carbocycles. The van der Waals surface area contributed by atoms with Crippen molar-refractivity contribution >= 4 is 34.1 Å². The van der Waals surface area contributed by atoms with Crippen LogP contribution in [0.2, 0.25) is 0 Å². The number of nitrogens with one attached hydrogen (secondary N) is 1. The molecule has 6 nitrogen and oxygen atoms in total. The fourth-order valence-electron chi connectivity index (χ4n) is 3.10. The molecular formula is C20H19N3O3S2. The zero-order valence-electron chi connectivity index (χ0n) is 15.4. The Morgan fingerprint density at radius 1 is 1.18 bits per heavy atom. The molecule has 0 radical (unpaired) electrons. The molecule has 1 aliphatic heterocycles. The number of hydrogen-bond donors (Lipinski definition) is 2. The van der Waals surface area contributed by atoms with Gasteiger partial charge >= 0.3 is 0 Å². The molecule has 0 saturated carbocycles. The maximum atomic E-state index is 10.5. The van der Waals surface area contributed by atoms with Crippen LogP contribution in [0.1, 0.15) is 9.88 Å². The molecule has 1 aliphatic rings. The van der Waals surface area contributed by atoms with E-state index in [4.69, 9.17) is 14.9 Å². The lowest BCUT2D eigenvalue weighted by molar-refractivity contribution is 0.348. The second kappa shape index (κ2) is 7.65. The van der Waals surface area contributed by atoms with Gasteiger partial charge in [0.05, 0.1) is 38.6 Å². The van der Waals surface area contributed by atoms with E-state index < -0.39 is 0 Å². The molecule has 0 saturated heterocycles. The van der Waals surface area contributed by atoms with Crippen molar-refractivity contribution in [2.24, 2.45) is 0 Å². The van der Waals surface area contributed by atoms with Crippen molar-refractivity contribution in [3.05, 3.63) is 56.7 Å². The molecular weight excluding hydrogens is 394 g/mol. The van der Waals surface area contributed by atoms with Gasteiger partial charge in [0, 0.05) is 15.8 Å². The number of thiazole rings is 1. The molecule has 0 amide bonds. The Bertz CT molecular complexity index is 1040. The molecule has 3 heterocycles. The number of benzene rings is 1. The number of amidine groups is 1. The molecule has 0 fully saturated rings. The van der Waals surface area contributed by atoms with Gasteiger partial charge in [0.1, 0.15) is 16.6 Å². The lowest BCUT2D eigenvalue weighted by Crippen LogP contribution is -2.25. The third kappa shape index (κ3) is 3.36. The predicted octanol–water partition coefficient (Wildman–Crippen LogP) is 4.65. The van der Waals surface area contributed by atoms with Crippen LogP contribution >= 0.6 is 22.7 Å². The van der Waals surface area contributed by atoms with E-state index >= 15 is 0 Å². The van der Waals surface area contributed by atoms with E-state index in [9.17, 15) is 5.11 Å². The first-order valence-corrected chi connectivity index (χ1v) is 10.3. The second-order valence-corrected chi connectivity index (χ2v) is 8.10. The minimum Gasteiger partial charge on any atom is -0.510 e. The summed E-state index contributed by atoms with van der Waals surface area (Å²) in [6.45, 7) is 0.940. The molecule has 0 unspecified atom stereocenters. The molecule has 0 atom stereocenters. The summed E-state index contributed by atoms with van der Waals surface area (Å²) in [5.41, 5.74) is 2.17. The van der Waals surface area contributed by atoms with Crippen molar-refractivity contribution in [2.45, 2.75) is 6.54 Å². The summed E-state index contributed by atoms with van der Waals surface area (Å²) in [7, 11) is 3.19. The van der Waals surface area contributed by atoms with Crippen LogP contribution < -0.4 is 9.47 Å². The second-order valence-electron chi connectivity index (χ2n) is 6.21. The Morgan fingerprint density at radius 3 is 2.71 bits per heavy atom. The lowest BCUT2D eigenvalue weighted by atomic mass is 10.1. The third-order valence-corrected chi connectivity index (χ3v) is 6.23. The average Bonchev–Trinajstić information content (AvgIpc) is 3.43. The van der Waals surface area contributed by atoms with E-state index in [0.717, 1.165) is 16.1 Å². The van der Waals surface area contributed by atoms with E-state index in [0.29, 0.717) is 41.0 Å². The highest BCUT2D eigenvalue weighted by atomic mass is 32.1. The minimum absolute atomic E-state index is 0.190. The van der Waals surface area contributed by atoms with E-state index in [1.807, 2.05) is 46.0 Å². The first-order valence-electron chi connectivity index (χ1n) is 8.57. The number of methoxy groups -OCH3 is 2. The lowest BCUT2D eigenvalue weighted by Gasteiger charge is -2.17. The Morgan fingerprint density at radius 2 is 2.00 bits per heavy atom. The van der Waals surface area contributed by atoms with Gasteiger partial charge in [-0.15, -0.1) is 22.7 Å². The van der Waals surface area contributed by atoms with Crippen LogP contribution in [0.3, 0.4) is 0 Å².